The summed E-state index contributed by atoms with van der Waals surface area (Å²) in [6.07, 6.45) is 0.616. The van der Waals surface area contributed by atoms with Crippen molar-refractivity contribution in [3.63, 3.8) is 0 Å². The molecule has 0 unspecified atom stereocenters. The summed E-state index contributed by atoms with van der Waals surface area (Å²) in [5.74, 6) is 0. The minimum Gasteiger partial charge on any atom is -0.379 e. The van der Waals surface area contributed by atoms with Gasteiger partial charge in [0.25, 0.3) is 10.2 Å². The van der Waals surface area contributed by atoms with Crippen molar-refractivity contribution in [3.05, 3.63) is 29.8 Å². The van der Waals surface area contributed by atoms with Crippen molar-refractivity contribution in [1.82, 2.24) is 13.5 Å². The van der Waals surface area contributed by atoms with E-state index in [1.165, 1.54) is 8.61 Å². The monoisotopic (exact) mass is 382 g/mol. The number of hydrogen-bond acceptors (Lipinski definition) is 4. The average Bonchev–Trinajstić information content (AvgIpc) is 2.91. The number of aryl methyl sites for hydroxylation is 1. The molecule has 2 heterocycles. The number of carbonyl (C=O) groups is 1. The highest BCUT2D eigenvalue weighted by Gasteiger charge is 2.32. The predicted molar refractivity (Wildman–Crippen MR) is 99.3 cm³/mol. The molecular formula is C17H26N4O4S. The third kappa shape index (κ3) is 4.35. The second-order valence-electron chi connectivity index (χ2n) is 6.50. The van der Waals surface area contributed by atoms with Crippen molar-refractivity contribution in [2.75, 3.05) is 57.8 Å². The summed E-state index contributed by atoms with van der Waals surface area (Å²) in [5, 5.41) is 2.92. The first-order valence-corrected chi connectivity index (χ1v) is 10.3. The van der Waals surface area contributed by atoms with E-state index in [1.54, 1.807) is 4.90 Å². The molecule has 0 radical (unpaired) electrons. The quantitative estimate of drug-likeness (QED) is 0.849. The number of ether oxygens (including phenoxy) is 1. The van der Waals surface area contributed by atoms with Gasteiger partial charge in [0, 0.05) is 45.0 Å². The Morgan fingerprint density at radius 1 is 1.00 bits per heavy atom. The maximum absolute atomic E-state index is 12.8. The van der Waals surface area contributed by atoms with Crippen molar-refractivity contribution < 1.29 is 17.9 Å². The summed E-state index contributed by atoms with van der Waals surface area (Å²) >= 11 is 0. The van der Waals surface area contributed by atoms with Gasteiger partial charge in [-0.1, -0.05) is 18.2 Å². The third-order valence-electron chi connectivity index (χ3n) is 4.75. The number of benzene rings is 1. The number of nitrogens with one attached hydrogen (secondary N) is 1. The molecule has 0 bridgehead atoms. The molecule has 2 aliphatic rings. The lowest BCUT2D eigenvalue weighted by molar-refractivity contribution is 0.0702. The number of nitrogens with zero attached hydrogens (tertiary/aromatic N) is 3. The van der Waals surface area contributed by atoms with Crippen LogP contribution in [0.1, 0.15) is 12.0 Å². The first-order chi connectivity index (χ1) is 12.5. The van der Waals surface area contributed by atoms with Crippen molar-refractivity contribution in [2.24, 2.45) is 0 Å². The van der Waals surface area contributed by atoms with Crippen LogP contribution in [-0.2, 0) is 14.9 Å². The Hall–Kier alpha value is -1.68. The highest BCUT2D eigenvalue weighted by Crippen LogP contribution is 2.17. The predicted octanol–water partition coefficient (Wildman–Crippen LogP) is 1.11. The number of para-hydroxylation sites is 1. The Morgan fingerprint density at radius 2 is 1.69 bits per heavy atom. The molecule has 2 saturated heterocycles. The molecule has 0 spiro atoms. The lowest BCUT2D eigenvalue weighted by atomic mass is 10.2. The number of carbonyl (C=O) groups excluding carboxylic acids is 1. The smallest absolute Gasteiger partial charge is 0.321 e. The van der Waals surface area contributed by atoms with Gasteiger partial charge < -0.3 is 15.0 Å². The minimum absolute atomic E-state index is 0.190. The van der Waals surface area contributed by atoms with Gasteiger partial charge in [-0.2, -0.15) is 17.0 Å². The maximum atomic E-state index is 12.8. The zero-order valence-corrected chi connectivity index (χ0v) is 15.9. The van der Waals surface area contributed by atoms with Crippen molar-refractivity contribution >= 4 is 21.9 Å². The van der Waals surface area contributed by atoms with E-state index in [9.17, 15) is 13.2 Å². The van der Waals surface area contributed by atoms with E-state index < -0.39 is 10.2 Å². The van der Waals surface area contributed by atoms with Crippen LogP contribution in [0.15, 0.2) is 24.3 Å². The van der Waals surface area contributed by atoms with Crippen LogP contribution in [0, 0.1) is 6.92 Å². The molecule has 8 nitrogen and oxygen atoms in total. The molecule has 2 fully saturated rings. The number of hydrogen-bond donors (Lipinski definition) is 1. The normalized spacial score (nSPS) is 20.6. The first-order valence-electron chi connectivity index (χ1n) is 8.93. The molecule has 2 amide bonds. The molecule has 0 saturated carbocycles. The van der Waals surface area contributed by atoms with E-state index >= 15 is 0 Å². The van der Waals surface area contributed by atoms with E-state index in [2.05, 4.69) is 5.32 Å². The van der Waals surface area contributed by atoms with E-state index in [1.807, 2.05) is 31.2 Å². The fraction of sp³-hybridized carbons (Fsp3) is 0.588. The number of morpholine rings is 1. The first kappa shape index (κ1) is 19.1. The third-order valence-corrected chi connectivity index (χ3v) is 6.79. The SMILES string of the molecule is Cc1ccccc1NC(=O)N1CCCN(S(=O)(=O)N2CCOCC2)CC1. The molecule has 144 valence electrons. The van der Waals surface area contributed by atoms with Crippen molar-refractivity contribution in [1.29, 1.82) is 0 Å². The molecular weight excluding hydrogens is 356 g/mol. The van der Waals surface area contributed by atoms with E-state index in [4.69, 9.17) is 4.74 Å². The van der Waals surface area contributed by atoms with Crippen LogP contribution in [0.3, 0.4) is 0 Å². The molecule has 1 aromatic rings. The Balaban J connectivity index is 1.61. The molecule has 1 aromatic carbocycles. The lowest BCUT2D eigenvalue weighted by Gasteiger charge is -2.31. The van der Waals surface area contributed by atoms with Gasteiger partial charge in [0.05, 0.1) is 13.2 Å². The van der Waals surface area contributed by atoms with Gasteiger partial charge in [-0.3, -0.25) is 0 Å². The summed E-state index contributed by atoms with van der Waals surface area (Å²) in [4.78, 5) is 14.2. The van der Waals surface area contributed by atoms with Crippen molar-refractivity contribution in [3.8, 4) is 0 Å². The molecule has 1 N–H and O–H groups in total. The Kier molecular flexibility index (Phi) is 6.13. The molecule has 26 heavy (non-hydrogen) atoms. The van der Waals surface area contributed by atoms with Gasteiger partial charge in [0.2, 0.25) is 0 Å². The second-order valence-corrected chi connectivity index (χ2v) is 8.43. The van der Waals surface area contributed by atoms with E-state index in [0.717, 1.165) is 11.3 Å². The molecule has 0 aromatic heterocycles. The topological polar surface area (TPSA) is 82.2 Å². The van der Waals surface area contributed by atoms with Gasteiger partial charge in [0.1, 0.15) is 0 Å². The van der Waals surface area contributed by atoms with Gasteiger partial charge in [0.15, 0.2) is 0 Å². The van der Waals surface area contributed by atoms with Gasteiger partial charge in [-0.15, -0.1) is 0 Å². The number of amides is 2. The average molecular weight is 382 g/mol. The zero-order valence-electron chi connectivity index (χ0n) is 15.1. The molecule has 0 atom stereocenters. The summed E-state index contributed by atoms with van der Waals surface area (Å²) in [7, 11) is -3.49. The molecule has 0 aliphatic carbocycles. The van der Waals surface area contributed by atoms with Gasteiger partial charge in [-0.25, -0.2) is 4.79 Å². The minimum atomic E-state index is -3.49. The zero-order chi connectivity index (χ0) is 18.6. The van der Waals surface area contributed by atoms with Crippen LogP contribution in [-0.4, -0.2) is 80.4 Å². The summed E-state index contributed by atoms with van der Waals surface area (Å²) < 4.78 is 33.8. The van der Waals surface area contributed by atoms with Crippen LogP contribution in [0.2, 0.25) is 0 Å². The number of anilines is 1. The van der Waals surface area contributed by atoms with Crippen molar-refractivity contribution in [2.45, 2.75) is 13.3 Å². The van der Waals surface area contributed by atoms with Crippen LogP contribution >= 0.6 is 0 Å². The maximum Gasteiger partial charge on any atom is 0.321 e. The van der Waals surface area contributed by atoms with Crippen LogP contribution in [0.4, 0.5) is 10.5 Å². The van der Waals surface area contributed by atoms with E-state index in [0.29, 0.717) is 58.9 Å². The molecule has 2 aliphatic heterocycles. The summed E-state index contributed by atoms with van der Waals surface area (Å²) in [5.41, 5.74) is 1.77. The lowest BCUT2D eigenvalue weighted by Crippen LogP contribution is -2.49. The summed E-state index contributed by atoms with van der Waals surface area (Å²) in [6.45, 7) is 5.21. The highest BCUT2D eigenvalue weighted by molar-refractivity contribution is 7.86. The standard InChI is InChI=1S/C17H26N4O4S/c1-15-5-2-3-6-16(15)18-17(22)19-7-4-8-20(10-9-19)26(23,24)21-11-13-25-14-12-21/h2-3,5-6H,4,7-14H2,1H3,(H,18,22). The fourth-order valence-corrected chi connectivity index (χ4v) is 4.78. The van der Waals surface area contributed by atoms with E-state index in [-0.39, 0.29) is 6.03 Å². The van der Waals surface area contributed by atoms with Gasteiger partial charge in [-0.05, 0) is 25.0 Å². The number of urea groups is 1. The van der Waals surface area contributed by atoms with Crippen LogP contribution in [0.5, 0.6) is 0 Å². The summed E-state index contributed by atoms with van der Waals surface area (Å²) in [6, 6.07) is 7.41. The number of rotatable bonds is 3. The largest absolute Gasteiger partial charge is 0.379 e. The Morgan fingerprint density at radius 3 is 2.42 bits per heavy atom. The Labute approximate surface area is 154 Å². The van der Waals surface area contributed by atoms with Crippen LogP contribution < -0.4 is 5.32 Å². The van der Waals surface area contributed by atoms with Gasteiger partial charge >= 0.3 is 6.03 Å². The molecule has 3 rings (SSSR count). The second kappa shape index (κ2) is 8.34. The fourth-order valence-electron chi connectivity index (χ4n) is 3.18. The highest BCUT2D eigenvalue weighted by atomic mass is 32.2. The Bertz CT molecular complexity index is 734. The molecule has 9 heteroatoms. The van der Waals surface area contributed by atoms with Crippen LogP contribution in [0.25, 0.3) is 0 Å².